The molecule has 0 radical (unpaired) electrons. The highest BCUT2D eigenvalue weighted by Crippen LogP contribution is 2.34. The lowest BCUT2D eigenvalue weighted by Gasteiger charge is -2.21. The van der Waals surface area contributed by atoms with E-state index in [-0.39, 0.29) is 17.7 Å². The number of likely N-dealkylation sites (N-methyl/N-ethyl adjacent to an activating group) is 1. The fraction of sp³-hybridized carbons (Fsp3) is 0.148. The molecule has 0 saturated heterocycles. The standard InChI is InChI=1S/C27H25N3O3/c1-19(31)28-22-15-13-21(14-16-22)24-25(29(2)23-11-7-4-8-12-23)27(33)30(26(24)32)18-17-20-9-5-3-6-10-20/h3-16H,17-18H2,1-2H3,(H,28,31). The molecule has 6 heteroatoms. The van der Waals surface area contributed by atoms with Crippen LogP contribution in [0.25, 0.3) is 5.57 Å². The molecule has 1 N–H and O–H groups in total. The Morgan fingerprint density at radius 2 is 1.45 bits per heavy atom. The Morgan fingerprint density at radius 1 is 0.848 bits per heavy atom. The largest absolute Gasteiger partial charge is 0.339 e. The van der Waals surface area contributed by atoms with Gasteiger partial charge in [-0.1, -0.05) is 60.7 Å². The SMILES string of the molecule is CC(=O)Nc1ccc(C2=C(N(C)c3ccccc3)C(=O)N(CCc3ccccc3)C2=O)cc1. The van der Waals surface area contributed by atoms with Crippen molar-refractivity contribution in [1.29, 1.82) is 0 Å². The van der Waals surface area contributed by atoms with Gasteiger partial charge in [-0.05, 0) is 41.8 Å². The van der Waals surface area contributed by atoms with E-state index in [1.807, 2.05) is 60.7 Å². The van der Waals surface area contributed by atoms with Gasteiger partial charge in [-0.2, -0.15) is 0 Å². The highest BCUT2D eigenvalue weighted by atomic mass is 16.2. The summed E-state index contributed by atoms with van der Waals surface area (Å²) in [6.45, 7) is 1.73. The molecule has 0 atom stereocenters. The number of anilines is 2. The Morgan fingerprint density at radius 3 is 2.06 bits per heavy atom. The van der Waals surface area contributed by atoms with Crippen LogP contribution in [0.3, 0.4) is 0 Å². The molecule has 4 rings (SSSR count). The summed E-state index contributed by atoms with van der Waals surface area (Å²) < 4.78 is 0. The molecular weight excluding hydrogens is 414 g/mol. The fourth-order valence-corrected chi connectivity index (χ4v) is 3.93. The van der Waals surface area contributed by atoms with Crippen molar-refractivity contribution in [3.63, 3.8) is 0 Å². The van der Waals surface area contributed by atoms with Gasteiger partial charge in [0.05, 0.1) is 5.57 Å². The van der Waals surface area contributed by atoms with E-state index in [4.69, 9.17) is 0 Å². The number of rotatable bonds is 7. The number of hydrogen-bond acceptors (Lipinski definition) is 4. The summed E-state index contributed by atoms with van der Waals surface area (Å²) in [5.41, 5.74) is 3.82. The van der Waals surface area contributed by atoms with Crippen LogP contribution in [0.4, 0.5) is 11.4 Å². The van der Waals surface area contributed by atoms with E-state index >= 15 is 0 Å². The molecule has 166 valence electrons. The van der Waals surface area contributed by atoms with Crippen LogP contribution in [-0.2, 0) is 20.8 Å². The van der Waals surface area contributed by atoms with Gasteiger partial charge in [-0.15, -0.1) is 0 Å². The number of nitrogens with zero attached hydrogens (tertiary/aromatic N) is 2. The van der Waals surface area contributed by atoms with E-state index in [9.17, 15) is 14.4 Å². The minimum absolute atomic E-state index is 0.175. The summed E-state index contributed by atoms with van der Waals surface area (Å²) in [5, 5.41) is 2.72. The van der Waals surface area contributed by atoms with Gasteiger partial charge in [0.15, 0.2) is 0 Å². The molecule has 0 fully saturated rings. The molecular formula is C27H25N3O3. The predicted molar refractivity (Wildman–Crippen MR) is 129 cm³/mol. The zero-order chi connectivity index (χ0) is 23.4. The number of carbonyl (C=O) groups excluding carboxylic acids is 3. The molecule has 0 spiro atoms. The van der Waals surface area contributed by atoms with Gasteiger partial charge in [0, 0.05) is 31.9 Å². The zero-order valence-electron chi connectivity index (χ0n) is 18.6. The molecule has 0 saturated carbocycles. The quantitative estimate of drug-likeness (QED) is 0.563. The number of benzene rings is 3. The van der Waals surface area contributed by atoms with E-state index in [0.29, 0.717) is 35.5 Å². The lowest BCUT2D eigenvalue weighted by atomic mass is 10.0. The van der Waals surface area contributed by atoms with Crippen molar-refractivity contribution < 1.29 is 14.4 Å². The maximum absolute atomic E-state index is 13.5. The van der Waals surface area contributed by atoms with Crippen LogP contribution < -0.4 is 10.2 Å². The van der Waals surface area contributed by atoms with Gasteiger partial charge >= 0.3 is 0 Å². The van der Waals surface area contributed by atoms with Gasteiger partial charge in [0.2, 0.25) is 5.91 Å². The first kappa shape index (κ1) is 22.0. The molecule has 0 aromatic heterocycles. The number of nitrogens with one attached hydrogen (secondary N) is 1. The molecule has 33 heavy (non-hydrogen) atoms. The van der Waals surface area contributed by atoms with E-state index in [2.05, 4.69) is 5.32 Å². The van der Waals surface area contributed by atoms with Crippen molar-refractivity contribution in [1.82, 2.24) is 4.90 Å². The molecule has 3 amide bonds. The Hall–Kier alpha value is -4.19. The van der Waals surface area contributed by atoms with Crippen LogP contribution in [0.15, 0.2) is 90.6 Å². The Balaban J connectivity index is 1.70. The van der Waals surface area contributed by atoms with Gasteiger partial charge in [0.25, 0.3) is 11.8 Å². The van der Waals surface area contributed by atoms with Crippen LogP contribution >= 0.6 is 0 Å². The Labute approximate surface area is 193 Å². The molecule has 0 unspecified atom stereocenters. The summed E-state index contributed by atoms with van der Waals surface area (Å²) in [6.07, 6.45) is 0.579. The number of hydrogen-bond donors (Lipinski definition) is 1. The average Bonchev–Trinajstić information content (AvgIpc) is 3.08. The minimum Gasteiger partial charge on any atom is -0.339 e. The highest BCUT2D eigenvalue weighted by molar-refractivity contribution is 6.36. The summed E-state index contributed by atoms with van der Waals surface area (Å²) >= 11 is 0. The summed E-state index contributed by atoms with van der Waals surface area (Å²) in [5.74, 6) is -0.810. The van der Waals surface area contributed by atoms with Crippen molar-refractivity contribution in [3.05, 3.63) is 102 Å². The third kappa shape index (κ3) is 4.70. The molecule has 1 heterocycles. The molecule has 1 aliphatic heterocycles. The van der Waals surface area contributed by atoms with Crippen LogP contribution in [0, 0.1) is 0 Å². The Bertz CT molecular complexity index is 1200. The topological polar surface area (TPSA) is 69.7 Å². The van der Waals surface area contributed by atoms with Crippen LogP contribution in [0.1, 0.15) is 18.1 Å². The number of carbonyl (C=O) groups is 3. The lowest BCUT2D eigenvalue weighted by Crippen LogP contribution is -2.35. The second kappa shape index (κ2) is 9.53. The number of para-hydroxylation sites is 1. The average molecular weight is 440 g/mol. The third-order valence-corrected chi connectivity index (χ3v) is 5.58. The first-order valence-corrected chi connectivity index (χ1v) is 10.8. The van der Waals surface area contributed by atoms with Gasteiger partial charge in [-0.3, -0.25) is 19.3 Å². The monoisotopic (exact) mass is 439 g/mol. The maximum Gasteiger partial charge on any atom is 0.278 e. The maximum atomic E-state index is 13.5. The minimum atomic E-state index is -0.319. The van der Waals surface area contributed by atoms with Gasteiger partial charge < -0.3 is 10.2 Å². The summed E-state index contributed by atoms with van der Waals surface area (Å²) in [7, 11) is 1.79. The first-order valence-electron chi connectivity index (χ1n) is 10.8. The normalized spacial score (nSPS) is 13.5. The number of imide groups is 1. The van der Waals surface area contributed by atoms with E-state index in [1.54, 1.807) is 36.2 Å². The molecule has 6 nitrogen and oxygen atoms in total. The van der Waals surface area contributed by atoms with Crippen molar-refractivity contribution >= 4 is 34.7 Å². The summed E-state index contributed by atoms with van der Waals surface area (Å²) in [4.78, 5) is 41.4. The van der Waals surface area contributed by atoms with Gasteiger partial charge in [-0.25, -0.2) is 0 Å². The molecule has 0 aliphatic carbocycles. The van der Waals surface area contributed by atoms with Crippen molar-refractivity contribution in [2.45, 2.75) is 13.3 Å². The third-order valence-electron chi connectivity index (χ3n) is 5.58. The molecule has 3 aromatic rings. The van der Waals surface area contributed by atoms with Crippen LogP contribution in [-0.4, -0.2) is 36.2 Å². The smallest absolute Gasteiger partial charge is 0.278 e. The van der Waals surface area contributed by atoms with Crippen LogP contribution in [0.5, 0.6) is 0 Å². The van der Waals surface area contributed by atoms with Crippen molar-refractivity contribution in [2.24, 2.45) is 0 Å². The molecule has 3 aromatic carbocycles. The van der Waals surface area contributed by atoms with E-state index < -0.39 is 0 Å². The Kier molecular flexibility index (Phi) is 6.36. The number of amides is 3. The van der Waals surface area contributed by atoms with E-state index in [1.165, 1.54) is 11.8 Å². The van der Waals surface area contributed by atoms with Crippen molar-refractivity contribution in [2.75, 3.05) is 23.8 Å². The highest BCUT2D eigenvalue weighted by Gasteiger charge is 2.40. The fourth-order valence-electron chi connectivity index (χ4n) is 3.93. The first-order chi connectivity index (χ1) is 16.0. The second-order valence-electron chi connectivity index (χ2n) is 7.87. The molecule has 0 bridgehead atoms. The van der Waals surface area contributed by atoms with Crippen LogP contribution in [0.2, 0.25) is 0 Å². The predicted octanol–water partition coefficient (Wildman–Crippen LogP) is 4.10. The van der Waals surface area contributed by atoms with Crippen molar-refractivity contribution in [3.8, 4) is 0 Å². The second-order valence-corrected chi connectivity index (χ2v) is 7.87. The zero-order valence-corrected chi connectivity index (χ0v) is 18.6. The lowest BCUT2D eigenvalue weighted by molar-refractivity contribution is -0.136. The van der Waals surface area contributed by atoms with Gasteiger partial charge in [0.1, 0.15) is 5.70 Å². The molecule has 1 aliphatic rings. The van der Waals surface area contributed by atoms with E-state index in [0.717, 1.165) is 11.3 Å². The summed E-state index contributed by atoms with van der Waals surface area (Å²) in [6, 6.07) is 26.2.